The average Bonchev–Trinajstić information content (AvgIpc) is 2.15. The summed E-state index contributed by atoms with van der Waals surface area (Å²) in [4.78, 5) is 11.5. The van der Waals surface area contributed by atoms with Gasteiger partial charge in [0.15, 0.2) is 0 Å². The molecule has 0 bridgehead atoms. The van der Waals surface area contributed by atoms with Crippen LogP contribution in [-0.4, -0.2) is 5.78 Å². The summed E-state index contributed by atoms with van der Waals surface area (Å²) in [5.41, 5.74) is -0.0486. The van der Waals surface area contributed by atoms with Crippen LogP contribution in [0.1, 0.15) is 38.5 Å². The number of Topliss-reactive ketones (excluding diaryl/α,β-unsaturated/α-hetero) is 1. The summed E-state index contributed by atoms with van der Waals surface area (Å²) in [5, 5.41) is 0. The third-order valence-electron chi connectivity index (χ3n) is 3.56. The molecule has 2 rings (SSSR count). The first-order chi connectivity index (χ1) is 5.79. The third-order valence-corrected chi connectivity index (χ3v) is 3.56. The maximum atomic E-state index is 11.5. The Morgan fingerprint density at radius 3 is 2.50 bits per heavy atom. The van der Waals surface area contributed by atoms with Gasteiger partial charge in [-0.05, 0) is 12.8 Å². The largest absolute Gasteiger partial charge is 0.299 e. The number of carbonyl (C=O) groups is 1. The molecule has 0 N–H and O–H groups in total. The van der Waals surface area contributed by atoms with Crippen LogP contribution >= 0.6 is 0 Å². The number of rotatable bonds is 0. The molecule has 0 radical (unpaired) electrons. The van der Waals surface area contributed by atoms with E-state index in [1.165, 1.54) is 19.3 Å². The van der Waals surface area contributed by atoms with Gasteiger partial charge >= 0.3 is 0 Å². The van der Waals surface area contributed by atoms with Gasteiger partial charge in [-0.3, -0.25) is 4.79 Å². The first-order valence-corrected chi connectivity index (χ1v) is 4.79. The Hall–Kier alpha value is -0.770. The van der Waals surface area contributed by atoms with Crippen LogP contribution in [-0.2, 0) is 4.79 Å². The van der Waals surface area contributed by atoms with E-state index in [4.69, 9.17) is 6.42 Å². The van der Waals surface area contributed by atoms with E-state index in [9.17, 15) is 4.79 Å². The maximum absolute atomic E-state index is 11.5. The minimum absolute atomic E-state index is 0.0486. The molecule has 1 atom stereocenters. The van der Waals surface area contributed by atoms with Gasteiger partial charge in [-0.1, -0.05) is 19.3 Å². The van der Waals surface area contributed by atoms with Crippen molar-refractivity contribution in [1.82, 2.24) is 0 Å². The van der Waals surface area contributed by atoms with Gasteiger partial charge in [0.25, 0.3) is 0 Å². The average molecular weight is 162 g/mol. The van der Waals surface area contributed by atoms with Crippen LogP contribution in [0.25, 0.3) is 0 Å². The standard InChI is InChI=1S/C11H14O/c1-2-9-8-10(12)11(9)6-4-3-5-7-11/h1,9H,3-8H2. The number of ketones is 1. The maximum Gasteiger partial charge on any atom is 0.141 e. The van der Waals surface area contributed by atoms with E-state index in [0.717, 1.165) is 12.8 Å². The van der Waals surface area contributed by atoms with Gasteiger partial charge in [0, 0.05) is 17.8 Å². The van der Waals surface area contributed by atoms with Crippen LogP contribution in [0.15, 0.2) is 0 Å². The van der Waals surface area contributed by atoms with Gasteiger partial charge in [0.2, 0.25) is 0 Å². The molecule has 2 fully saturated rings. The number of hydrogen-bond acceptors (Lipinski definition) is 1. The van der Waals surface area contributed by atoms with E-state index in [-0.39, 0.29) is 11.3 Å². The first-order valence-electron chi connectivity index (χ1n) is 4.79. The highest BCUT2D eigenvalue weighted by atomic mass is 16.1. The molecule has 2 aliphatic carbocycles. The number of carbonyl (C=O) groups excluding carboxylic acids is 1. The molecule has 2 saturated carbocycles. The first kappa shape index (κ1) is 7.86. The Balaban J connectivity index is 2.17. The number of hydrogen-bond donors (Lipinski definition) is 0. The van der Waals surface area contributed by atoms with Gasteiger partial charge < -0.3 is 0 Å². The molecule has 64 valence electrons. The fourth-order valence-electron chi connectivity index (χ4n) is 2.68. The van der Waals surface area contributed by atoms with Gasteiger partial charge in [-0.25, -0.2) is 0 Å². The topological polar surface area (TPSA) is 17.1 Å². The molecular formula is C11H14O. The van der Waals surface area contributed by atoms with Crippen LogP contribution in [0.5, 0.6) is 0 Å². The van der Waals surface area contributed by atoms with Crippen molar-refractivity contribution in [3.8, 4) is 12.3 Å². The third kappa shape index (κ3) is 0.843. The molecule has 0 aromatic carbocycles. The van der Waals surface area contributed by atoms with Crippen LogP contribution < -0.4 is 0 Å². The lowest BCUT2D eigenvalue weighted by molar-refractivity contribution is -0.145. The lowest BCUT2D eigenvalue weighted by atomic mass is 9.53. The van der Waals surface area contributed by atoms with E-state index >= 15 is 0 Å². The SMILES string of the molecule is C#CC1CC(=O)C12CCCCC2. The van der Waals surface area contributed by atoms with Gasteiger partial charge in [-0.2, -0.15) is 0 Å². The van der Waals surface area contributed by atoms with Crippen molar-refractivity contribution >= 4 is 5.78 Å². The van der Waals surface area contributed by atoms with Crippen molar-refractivity contribution in [1.29, 1.82) is 0 Å². The molecule has 0 saturated heterocycles. The van der Waals surface area contributed by atoms with E-state index in [1.54, 1.807) is 0 Å². The zero-order chi connectivity index (χ0) is 8.60. The highest BCUT2D eigenvalue weighted by molar-refractivity contribution is 5.92. The predicted octanol–water partition coefficient (Wildman–Crippen LogP) is 2.16. The smallest absolute Gasteiger partial charge is 0.141 e. The van der Waals surface area contributed by atoms with Crippen molar-refractivity contribution in [3.63, 3.8) is 0 Å². The van der Waals surface area contributed by atoms with E-state index in [1.807, 2.05) is 0 Å². The molecule has 1 spiro atoms. The highest BCUT2D eigenvalue weighted by Crippen LogP contribution is 2.52. The second-order valence-corrected chi connectivity index (χ2v) is 4.06. The zero-order valence-electron chi connectivity index (χ0n) is 7.31. The van der Waals surface area contributed by atoms with E-state index < -0.39 is 0 Å². The Kier molecular flexibility index (Phi) is 1.72. The molecule has 0 heterocycles. The molecule has 1 nitrogen and oxygen atoms in total. The summed E-state index contributed by atoms with van der Waals surface area (Å²) in [6.45, 7) is 0. The quantitative estimate of drug-likeness (QED) is 0.499. The molecule has 1 heteroatoms. The van der Waals surface area contributed by atoms with Crippen LogP contribution in [0.3, 0.4) is 0 Å². The molecule has 2 aliphatic rings. The monoisotopic (exact) mass is 162 g/mol. The van der Waals surface area contributed by atoms with E-state index in [2.05, 4.69) is 5.92 Å². The Labute approximate surface area is 73.5 Å². The van der Waals surface area contributed by atoms with Crippen LogP contribution in [0, 0.1) is 23.7 Å². The lowest BCUT2D eigenvalue weighted by Crippen LogP contribution is -2.50. The second-order valence-electron chi connectivity index (χ2n) is 4.06. The van der Waals surface area contributed by atoms with Crippen LogP contribution in [0.2, 0.25) is 0 Å². The van der Waals surface area contributed by atoms with Crippen molar-refractivity contribution < 1.29 is 4.79 Å². The molecule has 0 aromatic heterocycles. The van der Waals surface area contributed by atoms with Crippen LogP contribution in [0.4, 0.5) is 0 Å². The Morgan fingerprint density at radius 2 is 2.00 bits per heavy atom. The molecule has 1 unspecified atom stereocenters. The van der Waals surface area contributed by atoms with Crippen molar-refractivity contribution in [2.75, 3.05) is 0 Å². The van der Waals surface area contributed by atoms with Gasteiger partial charge in [0.05, 0.1) is 0 Å². The van der Waals surface area contributed by atoms with Gasteiger partial charge in [0.1, 0.15) is 5.78 Å². The Bertz CT molecular complexity index is 240. The zero-order valence-corrected chi connectivity index (χ0v) is 7.31. The summed E-state index contributed by atoms with van der Waals surface area (Å²) in [6, 6.07) is 0. The Morgan fingerprint density at radius 1 is 1.33 bits per heavy atom. The molecule has 12 heavy (non-hydrogen) atoms. The van der Waals surface area contributed by atoms with E-state index in [0.29, 0.717) is 12.2 Å². The minimum atomic E-state index is -0.0486. The number of terminal acetylenes is 1. The highest BCUT2D eigenvalue weighted by Gasteiger charge is 2.53. The molecular weight excluding hydrogens is 148 g/mol. The lowest BCUT2D eigenvalue weighted by Gasteiger charge is -2.47. The fourth-order valence-corrected chi connectivity index (χ4v) is 2.68. The summed E-state index contributed by atoms with van der Waals surface area (Å²) in [6.07, 6.45) is 11.8. The molecule has 0 amide bonds. The normalized spacial score (nSPS) is 32.6. The van der Waals surface area contributed by atoms with Crippen molar-refractivity contribution in [3.05, 3.63) is 0 Å². The summed E-state index contributed by atoms with van der Waals surface area (Å²) in [7, 11) is 0. The van der Waals surface area contributed by atoms with Gasteiger partial charge in [-0.15, -0.1) is 12.3 Å². The molecule has 0 aromatic rings. The summed E-state index contributed by atoms with van der Waals surface area (Å²) < 4.78 is 0. The predicted molar refractivity (Wildman–Crippen MR) is 47.5 cm³/mol. The van der Waals surface area contributed by atoms with Crippen molar-refractivity contribution in [2.45, 2.75) is 38.5 Å². The molecule has 0 aliphatic heterocycles. The summed E-state index contributed by atoms with van der Waals surface area (Å²) in [5.74, 6) is 3.48. The summed E-state index contributed by atoms with van der Waals surface area (Å²) >= 11 is 0. The van der Waals surface area contributed by atoms with Crippen molar-refractivity contribution in [2.24, 2.45) is 11.3 Å². The fraction of sp³-hybridized carbons (Fsp3) is 0.727. The second kappa shape index (κ2) is 2.62. The minimum Gasteiger partial charge on any atom is -0.299 e.